The molecule has 2 fully saturated rings. The Morgan fingerprint density at radius 2 is 2.11 bits per heavy atom. The third kappa shape index (κ3) is 2.84. The Balaban J connectivity index is 1.81. The second kappa shape index (κ2) is 5.25. The normalized spacial score (nSPS) is 27.6. The first kappa shape index (κ1) is 13.1. The summed E-state index contributed by atoms with van der Waals surface area (Å²) in [6, 6.07) is 2.31. The van der Waals surface area contributed by atoms with E-state index in [9.17, 15) is 0 Å². The maximum Gasteiger partial charge on any atom is 0.135 e. The summed E-state index contributed by atoms with van der Waals surface area (Å²) in [5, 5.41) is 0.563. The number of anilines is 1. The van der Waals surface area contributed by atoms with Crippen molar-refractivity contribution in [1.29, 1.82) is 0 Å². The van der Waals surface area contributed by atoms with Gasteiger partial charge in [0.1, 0.15) is 16.8 Å². The lowest BCUT2D eigenvalue weighted by Crippen LogP contribution is -2.43. The lowest BCUT2D eigenvalue weighted by atomic mass is 10.0. The highest BCUT2D eigenvalue weighted by atomic mass is 35.5. The minimum Gasteiger partial charge on any atom is -0.381 e. The van der Waals surface area contributed by atoms with E-state index in [0.29, 0.717) is 23.2 Å². The number of rotatable bonds is 3. The summed E-state index contributed by atoms with van der Waals surface area (Å²) in [7, 11) is 1.79. The number of aromatic nitrogens is 2. The number of ether oxygens (including phenoxy) is 1. The van der Waals surface area contributed by atoms with Crippen LogP contribution in [-0.4, -0.2) is 35.8 Å². The molecule has 1 aliphatic heterocycles. The lowest BCUT2D eigenvalue weighted by Gasteiger charge is -2.38. The second-order valence-corrected chi connectivity index (χ2v) is 5.99. The number of methoxy groups -OCH3 is 1. The molecule has 19 heavy (non-hydrogen) atoms. The zero-order valence-electron chi connectivity index (χ0n) is 11.5. The number of piperidine rings is 1. The Hall–Kier alpha value is -0.870. The number of hydrogen-bond acceptors (Lipinski definition) is 4. The molecule has 1 saturated carbocycles. The van der Waals surface area contributed by atoms with Gasteiger partial charge in [0.05, 0.1) is 6.10 Å². The summed E-state index contributed by atoms with van der Waals surface area (Å²) in [5.41, 5.74) is 0. The summed E-state index contributed by atoms with van der Waals surface area (Å²) in [5.74, 6) is 2.43. The van der Waals surface area contributed by atoms with E-state index in [-0.39, 0.29) is 0 Å². The van der Waals surface area contributed by atoms with Crippen LogP contribution in [-0.2, 0) is 4.74 Å². The molecule has 2 heterocycles. The van der Waals surface area contributed by atoms with Crippen LogP contribution in [0, 0.1) is 0 Å². The van der Waals surface area contributed by atoms with Crippen LogP contribution in [0.2, 0.25) is 5.15 Å². The van der Waals surface area contributed by atoms with Gasteiger partial charge in [-0.05, 0) is 32.6 Å². The van der Waals surface area contributed by atoms with Gasteiger partial charge < -0.3 is 9.64 Å². The molecule has 5 heteroatoms. The van der Waals surface area contributed by atoms with Crippen LogP contribution in [0.15, 0.2) is 6.07 Å². The van der Waals surface area contributed by atoms with Crippen LogP contribution in [0.1, 0.15) is 44.3 Å². The van der Waals surface area contributed by atoms with Crippen molar-refractivity contribution in [3.8, 4) is 0 Å². The molecular weight excluding hydrogens is 262 g/mol. The first-order valence-corrected chi connectivity index (χ1v) is 7.39. The Bertz CT molecular complexity index is 464. The average Bonchev–Trinajstić information content (AvgIpc) is 3.22. The molecule has 2 atom stereocenters. The molecule has 0 N–H and O–H groups in total. The molecule has 0 unspecified atom stereocenters. The summed E-state index contributed by atoms with van der Waals surface area (Å²) < 4.78 is 5.46. The Kier molecular flexibility index (Phi) is 3.63. The fourth-order valence-electron chi connectivity index (χ4n) is 2.78. The molecule has 0 bridgehead atoms. The largest absolute Gasteiger partial charge is 0.381 e. The molecule has 4 nitrogen and oxygen atoms in total. The van der Waals surface area contributed by atoms with Gasteiger partial charge in [0.15, 0.2) is 0 Å². The molecule has 1 aromatic heterocycles. The zero-order valence-corrected chi connectivity index (χ0v) is 12.2. The van der Waals surface area contributed by atoms with E-state index in [4.69, 9.17) is 21.3 Å². The van der Waals surface area contributed by atoms with Crippen molar-refractivity contribution in [2.75, 3.05) is 18.6 Å². The monoisotopic (exact) mass is 281 g/mol. The summed E-state index contributed by atoms with van der Waals surface area (Å²) in [6.45, 7) is 3.19. The van der Waals surface area contributed by atoms with Crippen molar-refractivity contribution in [2.24, 2.45) is 0 Å². The highest BCUT2D eigenvalue weighted by Gasteiger charge is 2.30. The predicted molar refractivity (Wildman–Crippen MR) is 75.9 cm³/mol. The SMILES string of the molecule is CO[C@H]1CCN(c2cc(Cl)nc(C3CC3)n2)[C@@H](C)C1. The van der Waals surface area contributed by atoms with Crippen LogP contribution >= 0.6 is 11.6 Å². The fourth-order valence-corrected chi connectivity index (χ4v) is 2.96. The molecule has 0 amide bonds. The number of halogens is 1. The van der Waals surface area contributed by atoms with E-state index >= 15 is 0 Å². The topological polar surface area (TPSA) is 38.2 Å². The number of hydrogen-bond donors (Lipinski definition) is 0. The highest BCUT2D eigenvalue weighted by molar-refractivity contribution is 6.29. The first-order valence-electron chi connectivity index (χ1n) is 7.01. The first-order chi connectivity index (χ1) is 9.17. The van der Waals surface area contributed by atoms with Crippen molar-refractivity contribution in [2.45, 2.75) is 50.7 Å². The predicted octanol–water partition coefficient (Wildman–Crippen LogP) is 3.01. The summed E-state index contributed by atoms with van der Waals surface area (Å²) in [4.78, 5) is 11.4. The lowest BCUT2D eigenvalue weighted by molar-refractivity contribution is 0.0719. The van der Waals surface area contributed by atoms with E-state index in [2.05, 4.69) is 16.8 Å². The molecular formula is C14H20ClN3O. The van der Waals surface area contributed by atoms with Gasteiger partial charge >= 0.3 is 0 Å². The number of nitrogens with zero attached hydrogens (tertiary/aromatic N) is 3. The Morgan fingerprint density at radius 3 is 2.74 bits per heavy atom. The van der Waals surface area contributed by atoms with Gasteiger partial charge in [0.2, 0.25) is 0 Å². The molecule has 1 aromatic rings. The van der Waals surface area contributed by atoms with Crippen molar-refractivity contribution in [3.05, 3.63) is 17.0 Å². The van der Waals surface area contributed by atoms with Crippen LogP contribution in [0.5, 0.6) is 0 Å². The highest BCUT2D eigenvalue weighted by Crippen LogP contribution is 2.39. The molecule has 3 rings (SSSR count). The van der Waals surface area contributed by atoms with Crippen molar-refractivity contribution >= 4 is 17.4 Å². The molecule has 1 aliphatic carbocycles. The second-order valence-electron chi connectivity index (χ2n) is 5.61. The Morgan fingerprint density at radius 1 is 1.32 bits per heavy atom. The molecule has 0 aromatic carbocycles. The van der Waals surface area contributed by atoms with Gasteiger partial charge in [0.25, 0.3) is 0 Å². The zero-order chi connectivity index (χ0) is 13.4. The minimum absolute atomic E-state index is 0.367. The van der Waals surface area contributed by atoms with Crippen molar-refractivity contribution in [3.63, 3.8) is 0 Å². The smallest absolute Gasteiger partial charge is 0.135 e. The molecule has 0 spiro atoms. The maximum atomic E-state index is 6.14. The fraction of sp³-hybridized carbons (Fsp3) is 0.714. The average molecular weight is 282 g/mol. The van der Waals surface area contributed by atoms with E-state index in [1.165, 1.54) is 12.8 Å². The standard InChI is InChI=1S/C14H20ClN3O/c1-9-7-11(19-2)5-6-18(9)13-8-12(15)16-14(17-13)10-3-4-10/h8-11H,3-7H2,1-2H3/t9-,11-/m0/s1. The Labute approximate surface area is 119 Å². The van der Waals surface area contributed by atoms with E-state index in [0.717, 1.165) is 31.0 Å². The maximum absolute atomic E-state index is 6.14. The molecule has 104 valence electrons. The summed E-state index contributed by atoms with van der Waals surface area (Å²) >= 11 is 6.14. The van der Waals surface area contributed by atoms with Crippen LogP contribution in [0.25, 0.3) is 0 Å². The van der Waals surface area contributed by atoms with Crippen LogP contribution in [0.3, 0.4) is 0 Å². The minimum atomic E-state index is 0.367. The van der Waals surface area contributed by atoms with Gasteiger partial charge in [-0.3, -0.25) is 0 Å². The van der Waals surface area contributed by atoms with Gasteiger partial charge in [-0.25, -0.2) is 9.97 Å². The van der Waals surface area contributed by atoms with Crippen LogP contribution in [0.4, 0.5) is 5.82 Å². The molecule has 1 saturated heterocycles. The molecule has 0 radical (unpaired) electrons. The van der Waals surface area contributed by atoms with Crippen molar-refractivity contribution in [1.82, 2.24) is 9.97 Å². The van der Waals surface area contributed by atoms with Gasteiger partial charge in [-0.2, -0.15) is 0 Å². The van der Waals surface area contributed by atoms with E-state index in [1.54, 1.807) is 7.11 Å². The van der Waals surface area contributed by atoms with E-state index in [1.807, 2.05) is 6.07 Å². The van der Waals surface area contributed by atoms with Gasteiger partial charge in [-0.1, -0.05) is 11.6 Å². The summed E-state index contributed by atoms with van der Waals surface area (Å²) in [6.07, 6.45) is 4.84. The van der Waals surface area contributed by atoms with Crippen LogP contribution < -0.4 is 4.90 Å². The van der Waals surface area contributed by atoms with Crippen molar-refractivity contribution < 1.29 is 4.74 Å². The third-order valence-corrected chi connectivity index (χ3v) is 4.29. The molecule has 2 aliphatic rings. The van der Waals surface area contributed by atoms with Gasteiger partial charge in [-0.15, -0.1) is 0 Å². The quantitative estimate of drug-likeness (QED) is 0.799. The van der Waals surface area contributed by atoms with E-state index < -0.39 is 0 Å². The van der Waals surface area contributed by atoms with Gasteiger partial charge in [0, 0.05) is 31.7 Å². The third-order valence-electron chi connectivity index (χ3n) is 4.10.